The zero-order valence-electron chi connectivity index (χ0n) is 13.5. The molecule has 1 amide bonds. The van der Waals surface area contributed by atoms with Gasteiger partial charge in [0, 0.05) is 5.02 Å². The maximum atomic E-state index is 11.9. The molecule has 2 rings (SSSR count). The second-order valence-corrected chi connectivity index (χ2v) is 5.65. The van der Waals surface area contributed by atoms with Crippen LogP contribution in [0.5, 0.6) is 5.75 Å². The van der Waals surface area contributed by atoms with Gasteiger partial charge in [0.05, 0.1) is 6.54 Å². The fourth-order valence-corrected chi connectivity index (χ4v) is 2.10. The molecular formula is C15H20ClN5O2. The van der Waals surface area contributed by atoms with Crippen molar-refractivity contribution < 1.29 is 9.53 Å². The standard InChI is InChI=1S/C15H20ClN5O2/c1-4-5-6-21-19-15(18-20-21)17-13(22)9-23-12-7-10(2)14(16)11(3)8-12/h7-8H,4-6,9H2,1-3H3,(H,17,19,22). The van der Waals surface area contributed by atoms with Crippen molar-refractivity contribution in [1.29, 1.82) is 0 Å². The van der Waals surface area contributed by atoms with E-state index >= 15 is 0 Å². The highest BCUT2D eigenvalue weighted by atomic mass is 35.5. The molecule has 0 aliphatic carbocycles. The zero-order chi connectivity index (χ0) is 16.8. The lowest BCUT2D eigenvalue weighted by Crippen LogP contribution is -2.21. The molecule has 1 heterocycles. The molecule has 7 nitrogen and oxygen atoms in total. The molecule has 0 saturated heterocycles. The van der Waals surface area contributed by atoms with Gasteiger partial charge in [0.1, 0.15) is 5.75 Å². The predicted octanol–water partition coefficient (Wildman–Crippen LogP) is 2.76. The molecule has 1 N–H and O–H groups in total. The van der Waals surface area contributed by atoms with Gasteiger partial charge < -0.3 is 4.74 Å². The zero-order valence-corrected chi connectivity index (χ0v) is 14.2. The van der Waals surface area contributed by atoms with Gasteiger partial charge in [-0.3, -0.25) is 10.1 Å². The van der Waals surface area contributed by atoms with Crippen LogP contribution in [0.1, 0.15) is 30.9 Å². The number of carbonyl (C=O) groups excluding carboxylic acids is 1. The van der Waals surface area contributed by atoms with Gasteiger partial charge in [0.25, 0.3) is 11.9 Å². The van der Waals surface area contributed by atoms with Gasteiger partial charge in [0.2, 0.25) is 0 Å². The molecule has 2 aromatic rings. The van der Waals surface area contributed by atoms with E-state index in [1.54, 1.807) is 12.1 Å². The van der Waals surface area contributed by atoms with Crippen molar-refractivity contribution in [3.8, 4) is 5.75 Å². The van der Waals surface area contributed by atoms with Crippen molar-refractivity contribution in [1.82, 2.24) is 20.2 Å². The van der Waals surface area contributed by atoms with Gasteiger partial charge in [-0.25, -0.2) is 0 Å². The van der Waals surface area contributed by atoms with E-state index < -0.39 is 0 Å². The van der Waals surface area contributed by atoms with Gasteiger partial charge in [0.15, 0.2) is 6.61 Å². The normalized spacial score (nSPS) is 10.6. The van der Waals surface area contributed by atoms with Crippen molar-refractivity contribution in [2.75, 3.05) is 11.9 Å². The highest BCUT2D eigenvalue weighted by Gasteiger charge is 2.10. The Labute approximate surface area is 140 Å². The minimum Gasteiger partial charge on any atom is -0.484 e. The number of amides is 1. The molecule has 0 aliphatic rings. The number of carbonyl (C=O) groups is 1. The van der Waals surface area contributed by atoms with Crippen molar-refractivity contribution >= 4 is 23.5 Å². The number of tetrazole rings is 1. The van der Waals surface area contributed by atoms with E-state index in [1.807, 2.05) is 13.8 Å². The monoisotopic (exact) mass is 337 g/mol. The van der Waals surface area contributed by atoms with Gasteiger partial charge in [-0.2, -0.15) is 4.80 Å². The van der Waals surface area contributed by atoms with Crippen LogP contribution >= 0.6 is 11.6 Å². The van der Waals surface area contributed by atoms with Crippen molar-refractivity contribution in [2.24, 2.45) is 0 Å². The lowest BCUT2D eigenvalue weighted by atomic mass is 10.1. The number of unbranched alkanes of at least 4 members (excludes halogenated alkanes) is 1. The summed E-state index contributed by atoms with van der Waals surface area (Å²) in [5.74, 6) is 0.433. The number of hydrogen-bond donors (Lipinski definition) is 1. The maximum Gasteiger partial charge on any atom is 0.270 e. The Morgan fingerprint density at radius 2 is 2.04 bits per heavy atom. The Kier molecular flexibility index (Phi) is 5.92. The molecule has 0 saturated carbocycles. The summed E-state index contributed by atoms with van der Waals surface area (Å²) in [5, 5.41) is 15.0. The molecule has 1 aromatic heterocycles. The lowest BCUT2D eigenvalue weighted by molar-refractivity contribution is -0.118. The minimum atomic E-state index is -0.342. The summed E-state index contributed by atoms with van der Waals surface area (Å²) in [6.45, 7) is 6.40. The number of nitrogens with one attached hydrogen (secondary N) is 1. The van der Waals surface area contributed by atoms with Crippen LogP contribution in [-0.4, -0.2) is 32.7 Å². The highest BCUT2D eigenvalue weighted by Crippen LogP contribution is 2.25. The van der Waals surface area contributed by atoms with Crippen molar-refractivity contribution in [3.63, 3.8) is 0 Å². The topological polar surface area (TPSA) is 81.9 Å². The first kappa shape index (κ1) is 17.2. The van der Waals surface area contributed by atoms with Crippen LogP contribution in [0.2, 0.25) is 5.02 Å². The van der Waals surface area contributed by atoms with E-state index in [1.165, 1.54) is 4.80 Å². The lowest BCUT2D eigenvalue weighted by Gasteiger charge is -2.09. The van der Waals surface area contributed by atoms with E-state index in [2.05, 4.69) is 27.7 Å². The molecule has 0 aliphatic heterocycles. The average Bonchev–Trinajstić information content (AvgIpc) is 2.95. The quantitative estimate of drug-likeness (QED) is 0.840. The highest BCUT2D eigenvalue weighted by molar-refractivity contribution is 6.32. The molecule has 0 atom stereocenters. The predicted molar refractivity (Wildman–Crippen MR) is 87.8 cm³/mol. The molecule has 8 heteroatoms. The van der Waals surface area contributed by atoms with Gasteiger partial charge in [-0.15, -0.1) is 5.10 Å². The Bertz CT molecular complexity index is 663. The number of ether oxygens (including phenoxy) is 1. The molecule has 0 unspecified atom stereocenters. The number of halogens is 1. The van der Waals surface area contributed by atoms with Gasteiger partial charge >= 0.3 is 0 Å². The average molecular weight is 338 g/mol. The Morgan fingerprint density at radius 1 is 1.35 bits per heavy atom. The maximum absolute atomic E-state index is 11.9. The Hall–Kier alpha value is -2.15. The van der Waals surface area contributed by atoms with Crippen LogP contribution in [0, 0.1) is 13.8 Å². The van der Waals surface area contributed by atoms with E-state index in [4.69, 9.17) is 16.3 Å². The van der Waals surface area contributed by atoms with Crippen LogP contribution in [-0.2, 0) is 11.3 Å². The molecule has 124 valence electrons. The summed E-state index contributed by atoms with van der Waals surface area (Å²) in [6.07, 6.45) is 2.00. The summed E-state index contributed by atoms with van der Waals surface area (Å²) in [6, 6.07) is 3.59. The number of aromatic nitrogens is 4. The first-order chi connectivity index (χ1) is 11.0. The minimum absolute atomic E-state index is 0.135. The molecule has 23 heavy (non-hydrogen) atoms. The van der Waals surface area contributed by atoms with E-state index in [0.717, 1.165) is 24.0 Å². The molecule has 0 spiro atoms. The number of anilines is 1. The van der Waals surface area contributed by atoms with Crippen LogP contribution in [0.25, 0.3) is 0 Å². The fourth-order valence-electron chi connectivity index (χ4n) is 1.99. The summed E-state index contributed by atoms with van der Waals surface area (Å²) in [5.41, 5.74) is 1.81. The third-order valence-corrected chi connectivity index (χ3v) is 3.79. The summed E-state index contributed by atoms with van der Waals surface area (Å²) in [7, 11) is 0. The number of rotatable bonds is 7. The van der Waals surface area contributed by atoms with Crippen LogP contribution < -0.4 is 10.1 Å². The largest absolute Gasteiger partial charge is 0.484 e. The van der Waals surface area contributed by atoms with E-state index in [9.17, 15) is 4.79 Å². The SMILES string of the molecule is CCCCn1nnc(NC(=O)COc2cc(C)c(Cl)c(C)c2)n1. The Balaban J connectivity index is 1.86. The first-order valence-electron chi connectivity index (χ1n) is 7.46. The fraction of sp³-hybridized carbons (Fsp3) is 0.467. The molecule has 0 bridgehead atoms. The van der Waals surface area contributed by atoms with Crippen LogP contribution in [0.3, 0.4) is 0 Å². The van der Waals surface area contributed by atoms with Crippen LogP contribution in [0.15, 0.2) is 12.1 Å². The third kappa shape index (κ3) is 4.92. The summed E-state index contributed by atoms with van der Waals surface area (Å²) < 4.78 is 5.47. The molecule has 0 fully saturated rings. The summed E-state index contributed by atoms with van der Waals surface area (Å²) in [4.78, 5) is 13.3. The van der Waals surface area contributed by atoms with Gasteiger partial charge in [-0.1, -0.05) is 30.0 Å². The first-order valence-corrected chi connectivity index (χ1v) is 7.84. The van der Waals surface area contributed by atoms with E-state index in [-0.39, 0.29) is 18.5 Å². The van der Waals surface area contributed by atoms with Gasteiger partial charge in [-0.05, 0) is 48.7 Å². The van der Waals surface area contributed by atoms with Crippen molar-refractivity contribution in [3.05, 3.63) is 28.3 Å². The number of aryl methyl sites for hydroxylation is 3. The second-order valence-electron chi connectivity index (χ2n) is 5.27. The third-order valence-electron chi connectivity index (χ3n) is 3.20. The van der Waals surface area contributed by atoms with Crippen LogP contribution in [0.4, 0.5) is 5.95 Å². The van der Waals surface area contributed by atoms with E-state index in [0.29, 0.717) is 17.3 Å². The Morgan fingerprint density at radius 3 is 2.70 bits per heavy atom. The number of hydrogen-bond acceptors (Lipinski definition) is 5. The van der Waals surface area contributed by atoms with Crippen molar-refractivity contribution in [2.45, 2.75) is 40.2 Å². The molecular weight excluding hydrogens is 318 g/mol. The number of nitrogens with zero attached hydrogens (tertiary/aromatic N) is 4. The summed E-state index contributed by atoms with van der Waals surface area (Å²) >= 11 is 6.10. The molecule has 1 aromatic carbocycles. The molecule has 0 radical (unpaired) electrons. The smallest absolute Gasteiger partial charge is 0.270 e. The second kappa shape index (κ2) is 7.92. The number of benzene rings is 1.